The lowest BCUT2D eigenvalue weighted by Gasteiger charge is -2.27. The summed E-state index contributed by atoms with van der Waals surface area (Å²) in [6, 6.07) is 4.89. The number of hydrogen-bond acceptors (Lipinski definition) is 3. The van der Waals surface area contributed by atoms with Gasteiger partial charge in [0.25, 0.3) is 5.91 Å². The molecule has 1 saturated heterocycles. The third kappa shape index (κ3) is 5.07. The number of halogens is 3. The number of carbonyl (C=O) groups excluding carboxylic acids is 1. The largest absolute Gasteiger partial charge is 0.482 e. The highest BCUT2D eigenvalue weighted by Crippen LogP contribution is 2.27. The van der Waals surface area contributed by atoms with Gasteiger partial charge in [-0.3, -0.25) is 4.79 Å². The molecule has 1 amide bonds. The van der Waals surface area contributed by atoms with Crippen LogP contribution in [0.1, 0.15) is 0 Å². The Bertz CT molecular complexity index is 439. The number of benzene rings is 1. The molecule has 1 aliphatic heterocycles. The monoisotopic (exact) mass is 324 g/mol. The molecular formula is C12H15Cl3N2O2. The van der Waals surface area contributed by atoms with Crippen molar-refractivity contribution in [2.75, 3.05) is 26.2 Å². The molecule has 7 heteroatoms. The highest BCUT2D eigenvalue weighted by molar-refractivity contribution is 6.35. The molecule has 0 unspecified atom stereocenters. The first-order valence-corrected chi connectivity index (χ1v) is 6.46. The second-order valence-corrected chi connectivity index (χ2v) is 5.04. The third-order valence-electron chi connectivity index (χ3n) is 2.71. The fourth-order valence-electron chi connectivity index (χ4n) is 1.54. The van der Waals surface area contributed by atoms with Gasteiger partial charge < -0.3 is 15.4 Å². The zero-order valence-electron chi connectivity index (χ0n) is 10.1. The maximum Gasteiger partial charge on any atom is 0.257 e. The van der Waals surface area contributed by atoms with Gasteiger partial charge in [-0.25, -0.2) is 0 Å². The van der Waals surface area contributed by atoms with Gasteiger partial charge in [-0.15, -0.1) is 12.4 Å². The molecule has 2 rings (SSSR count). The van der Waals surface area contributed by atoms with Gasteiger partial charge in [0.2, 0.25) is 0 Å². The van der Waals surface area contributed by atoms with E-state index in [1.807, 2.05) is 0 Å². The Morgan fingerprint density at radius 1 is 1.42 bits per heavy atom. The first-order valence-electron chi connectivity index (χ1n) is 5.70. The van der Waals surface area contributed by atoms with E-state index in [4.69, 9.17) is 27.9 Å². The average Bonchev–Trinajstić information content (AvgIpc) is 2.25. The molecule has 1 fully saturated rings. The molecule has 1 heterocycles. The van der Waals surface area contributed by atoms with E-state index in [2.05, 4.69) is 10.6 Å². The second-order valence-electron chi connectivity index (χ2n) is 4.19. The lowest BCUT2D eigenvalue weighted by Crippen LogP contribution is -2.48. The number of carbonyl (C=O) groups is 1. The van der Waals surface area contributed by atoms with Crippen LogP contribution in [-0.2, 0) is 4.79 Å². The quantitative estimate of drug-likeness (QED) is 0.872. The van der Waals surface area contributed by atoms with E-state index in [-0.39, 0.29) is 24.9 Å². The molecular weight excluding hydrogens is 311 g/mol. The molecule has 1 aromatic rings. The fraction of sp³-hybridized carbons (Fsp3) is 0.417. The Morgan fingerprint density at radius 2 is 2.16 bits per heavy atom. The molecule has 1 aliphatic rings. The van der Waals surface area contributed by atoms with Gasteiger partial charge in [0.15, 0.2) is 6.61 Å². The van der Waals surface area contributed by atoms with Crippen LogP contribution in [0, 0.1) is 5.92 Å². The summed E-state index contributed by atoms with van der Waals surface area (Å²) < 4.78 is 5.32. The minimum absolute atomic E-state index is 0. The lowest BCUT2D eigenvalue weighted by atomic mass is 10.0. The molecule has 4 nitrogen and oxygen atoms in total. The number of ether oxygens (including phenoxy) is 1. The minimum Gasteiger partial charge on any atom is -0.482 e. The molecule has 1 aromatic carbocycles. The van der Waals surface area contributed by atoms with Crippen LogP contribution in [0.15, 0.2) is 18.2 Å². The van der Waals surface area contributed by atoms with E-state index >= 15 is 0 Å². The molecule has 2 N–H and O–H groups in total. The lowest BCUT2D eigenvalue weighted by molar-refractivity contribution is -0.123. The Hall–Kier alpha value is -0.680. The number of rotatable bonds is 5. The van der Waals surface area contributed by atoms with Crippen LogP contribution in [0.4, 0.5) is 0 Å². The highest BCUT2D eigenvalue weighted by Gasteiger charge is 2.17. The summed E-state index contributed by atoms with van der Waals surface area (Å²) in [4.78, 5) is 11.5. The van der Waals surface area contributed by atoms with Gasteiger partial charge >= 0.3 is 0 Å². The van der Waals surface area contributed by atoms with Crippen LogP contribution in [0.5, 0.6) is 5.75 Å². The minimum atomic E-state index is -0.145. The van der Waals surface area contributed by atoms with Crippen molar-refractivity contribution in [2.45, 2.75) is 0 Å². The number of amides is 1. The summed E-state index contributed by atoms with van der Waals surface area (Å²) in [6.07, 6.45) is 0. The van der Waals surface area contributed by atoms with Crippen molar-refractivity contribution in [1.82, 2.24) is 10.6 Å². The van der Waals surface area contributed by atoms with Gasteiger partial charge in [0.05, 0.1) is 5.02 Å². The van der Waals surface area contributed by atoms with Gasteiger partial charge in [0.1, 0.15) is 5.75 Å². The van der Waals surface area contributed by atoms with Crippen LogP contribution >= 0.6 is 35.6 Å². The fourth-order valence-corrected chi connectivity index (χ4v) is 2.00. The second kappa shape index (κ2) is 7.80. The van der Waals surface area contributed by atoms with Gasteiger partial charge in [-0.1, -0.05) is 23.2 Å². The summed E-state index contributed by atoms with van der Waals surface area (Å²) in [5.74, 6) is 0.850. The van der Waals surface area contributed by atoms with Crippen molar-refractivity contribution in [3.8, 4) is 5.75 Å². The Kier molecular flexibility index (Phi) is 6.72. The summed E-state index contributed by atoms with van der Waals surface area (Å²) in [5, 5.41) is 6.89. The summed E-state index contributed by atoms with van der Waals surface area (Å²) in [5.41, 5.74) is 0. The van der Waals surface area contributed by atoms with E-state index in [9.17, 15) is 4.79 Å². The first-order chi connectivity index (χ1) is 8.65. The average molecular weight is 326 g/mol. The molecule has 0 aliphatic carbocycles. The predicted molar refractivity (Wildman–Crippen MR) is 78.6 cm³/mol. The summed E-state index contributed by atoms with van der Waals surface area (Å²) in [7, 11) is 0. The maximum absolute atomic E-state index is 11.5. The zero-order valence-corrected chi connectivity index (χ0v) is 12.4. The maximum atomic E-state index is 11.5. The molecule has 19 heavy (non-hydrogen) atoms. The normalized spacial score (nSPS) is 14.2. The Labute approximate surface area is 128 Å². The van der Waals surface area contributed by atoms with Gasteiger partial charge in [0, 0.05) is 30.6 Å². The summed E-state index contributed by atoms with van der Waals surface area (Å²) in [6.45, 7) is 2.57. The van der Waals surface area contributed by atoms with E-state index in [1.54, 1.807) is 18.2 Å². The smallest absolute Gasteiger partial charge is 0.257 e. The van der Waals surface area contributed by atoms with Crippen LogP contribution < -0.4 is 15.4 Å². The molecule has 0 atom stereocenters. The molecule has 0 bridgehead atoms. The van der Waals surface area contributed by atoms with E-state index in [0.29, 0.717) is 28.3 Å². The van der Waals surface area contributed by atoms with Gasteiger partial charge in [-0.05, 0) is 18.2 Å². The first kappa shape index (κ1) is 16.4. The van der Waals surface area contributed by atoms with Crippen LogP contribution in [-0.4, -0.2) is 32.1 Å². The van der Waals surface area contributed by atoms with Crippen molar-refractivity contribution in [3.05, 3.63) is 28.2 Å². The van der Waals surface area contributed by atoms with Crippen molar-refractivity contribution < 1.29 is 9.53 Å². The molecule has 0 radical (unpaired) electrons. The van der Waals surface area contributed by atoms with E-state index < -0.39 is 0 Å². The zero-order chi connectivity index (χ0) is 13.0. The van der Waals surface area contributed by atoms with Crippen molar-refractivity contribution in [2.24, 2.45) is 5.92 Å². The van der Waals surface area contributed by atoms with E-state index in [0.717, 1.165) is 13.1 Å². The van der Waals surface area contributed by atoms with E-state index in [1.165, 1.54) is 0 Å². The van der Waals surface area contributed by atoms with Gasteiger partial charge in [-0.2, -0.15) is 0 Å². The Balaban J connectivity index is 0.00000180. The van der Waals surface area contributed by atoms with Crippen LogP contribution in [0.25, 0.3) is 0 Å². The molecule has 0 saturated carbocycles. The summed E-state index contributed by atoms with van der Waals surface area (Å²) >= 11 is 11.7. The van der Waals surface area contributed by atoms with Crippen molar-refractivity contribution >= 4 is 41.5 Å². The molecule has 106 valence electrons. The number of nitrogens with one attached hydrogen (secondary N) is 2. The molecule has 0 aromatic heterocycles. The number of hydrogen-bond donors (Lipinski definition) is 2. The van der Waals surface area contributed by atoms with Crippen molar-refractivity contribution in [1.29, 1.82) is 0 Å². The standard InChI is InChI=1S/C12H14Cl2N2O2.ClH/c13-9-1-2-11(10(14)3-9)18-7-12(17)16-6-8-4-15-5-8;/h1-3,8,15H,4-7H2,(H,16,17);1H. The van der Waals surface area contributed by atoms with Crippen molar-refractivity contribution in [3.63, 3.8) is 0 Å². The SMILES string of the molecule is Cl.O=C(COc1ccc(Cl)cc1Cl)NCC1CNC1. The predicted octanol–water partition coefficient (Wildman–Crippen LogP) is 2.13. The van der Waals surface area contributed by atoms with Crippen LogP contribution in [0.3, 0.4) is 0 Å². The molecule has 0 spiro atoms. The Morgan fingerprint density at radius 3 is 2.74 bits per heavy atom. The third-order valence-corrected chi connectivity index (χ3v) is 3.24. The highest BCUT2D eigenvalue weighted by atomic mass is 35.5. The van der Waals surface area contributed by atoms with Crippen LogP contribution in [0.2, 0.25) is 10.0 Å². The topological polar surface area (TPSA) is 50.4 Å².